The average Bonchev–Trinajstić information content (AvgIpc) is 2.71. The number of hydrogen-bond acceptors (Lipinski definition) is 4. The molecule has 5 nitrogen and oxygen atoms in total. The molecule has 0 atom stereocenters. The molecule has 0 saturated heterocycles. The van der Waals surface area contributed by atoms with Gasteiger partial charge < -0.3 is 15.0 Å². The Kier molecular flexibility index (Phi) is 2.37. The molecule has 0 aliphatic rings. The first kappa shape index (κ1) is 10.6. The predicted octanol–water partition coefficient (Wildman–Crippen LogP) is 2.34. The lowest BCUT2D eigenvalue weighted by atomic mass is 10.3. The van der Waals surface area contributed by atoms with E-state index in [4.69, 9.17) is 10.5 Å². The minimum atomic E-state index is 0.436. The highest BCUT2D eigenvalue weighted by Crippen LogP contribution is 2.25. The van der Waals surface area contributed by atoms with Gasteiger partial charge in [-0.25, -0.2) is 9.97 Å². The molecule has 5 heteroatoms. The van der Waals surface area contributed by atoms with Crippen LogP contribution < -0.4 is 10.5 Å². The van der Waals surface area contributed by atoms with Crippen molar-refractivity contribution in [2.45, 2.75) is 0 Å². The van der Waals surface area contributed by atoms with Crippen molar-refractivity contribution in [3.05, 3.63) is 42.9 Å². The van der Waals surface area contributed by atoms with Gasteiger partial charge >= 0.3 is 0 Å². The molecule has 1 aromatic carbocycles. The molecule has 18 heavy (non-hydrogen) atoms. The van der Waals surface area contributed by atoms with Crippen LogP contribution in [0, 0.1) is 0 Å². The van der Waals surface area contributed by atoms with E-state index in [0.717, 1.165) is 16.8 Å². The number of rotatable bonds is 2. The number of nitrogens with zero attached hydrogens (tertiary/aromatic N) is 3. The lowest BCUT2D eigenvalue weighted by molar-refractivity contribution is 0.483. The molecule has 0 bridgehead atoms. The number of nitrogen functional groups attached to an aromatic ring is 1. The van der Waals surface area contributed by atoms with Crippen molar-refractivity contribution in [2.75, 3.05) is 5.73 Å². The quantitative estimate of drug-likeness (QED) is 0.746. The van der Waals surface area contributed by atoms with Gasteiger partial charge in [0.1, 0.15) is 17.3 Å². The van der Waals surface area contributed by atoms with Gasteiger partial charge in [-0.05, 0) is 18.2 Å². The van der Waals surface area contributed by atoms with E-state index in [2.05, 4.69) is 9.97 Å². The van der Waals surface area contributed by atoms with Crippen molar-refractivity contribution in [3.63, 3.8) is 0 Å². The van der Waals surface area contributed by atoms with Gasteiger partial charge in [0, 0.05) is 25.4 Å². The Morgan fingerprint density at radius 1 is 1.11 bits per heavy atom. The van der Waals surface area contributed by atoms with E-state index in [9.17, 15) is 0 Å². The maximum Gasteiger partial charge on any atom is 0.132 e. The second-order valence-corrected chi connectivity index (χ2v) is 4.02. The van der Waals surface area contributed by atoms with Crippen LogP contribution in [0.15, 0.2) is 42.9 Å². The van der Waals surface area contributed by atoms with E-state index in [0.29, 0.717) is 11.6 Å². The summed E-state index contributed by atoms with van der Waals surface area (Å²) in [6.45, 7) is 0. The topological polar surface area (TPSA) is 66.0 Å². The highest BCUT2D eigenvalue weighted by molar-refractivity contribution is 5.77. The molecule has 90 valence electrons. The molecule has 0 fully saturated rings. The Balaban J connectivity index is 1.95. The third-order valence-corrected chi connectivity index (χ3v) is 2.69. The number of pyridine rings is 1. The molecular weight excluding hydrogens is 228 g/mol. The van der Waals surface area contributed by atoms with Gasteiger partial charge in [0.25, 0.3) is 0 Å². The number of aromatic nitrogens is 3. The van der Waals surface area contributed by atoms with E-state index < -0.39 is 0 Å². The van der Waals surface area contributed by atoms with Crippen LogP contribution in [0.2, 0.25) is 0 Å². The Labute approximate surface area is 104 Å². The van der Waals surface area contributed by atoms with Crippen molar-refractivity contribution < 1.29 is 4.74 Å². The summed E-state index contributed by atoms with van der Waals surface area (Å²) in [6.07, 6.45) is 3.39. The fraction of sp³-hybridized carbons (Fsp3) is 0.0769. The van der Waals surface area contributed by atoms with Gasteiger partial charge in [-0.2, -0.15) is 0 Å². The molecule has 3 aromatic rings. The normalized spacial score (nSPS) is 10.7. The lowest BCUT2D eigenvalue weighted by Gasteiger charge is -2.05. The summed E-state index contributed by atoms with van der Waals surface area (Å²) in [6, 6.07) is 9.22. The molecule has 0 spiro atoms. The summed E-state index contributed by atoms with van der Waals surface area (Å²) < 4.78 is 7.67. The summed E-state index contributed by atoms with van der Waals surface area (Å²) in [5.74, 6) is 1.83. The second kappa shape index (κ2) is 4.03. The monoisotopic (exact) mass is 240 g/mol. The van der Waals surface area contributed by atoms with Crippen molar-refractivity contribution in [1.82, 2.24) is 14.5 Å². The lowest BCUT2D eigenvalue weighted by Crippen LogP contribution is -1.91. The molecule has 2 N–H and O–H groups in total. The molecule has 0 unspecified atom stereocenters. The van der Waals surface area contributed by atoms with E-state index in [1.165, 1.54) is 0 Å². The van der Waals surface area contributed by atoms with Crippen LogP contribution in [0.25, 0.3) is 11.0 Å². The van der Waals surface area contributed by atoms with Crippen LogP contribution in [0.1, 0.15) is 0 Å². The molecule has 0 amide bonds. The van der Waals surface area contributed by atoms with E-state index in [1.54, 1.807) is 24.7 Å². The minimum absolute atomic E-state index is 0.436. The van der Waals surface area contributed by atoms with Crippen LogP contribution in [-0.4, -0.2) is 14.5 Å². The highest BCUT2D eigenvalue weighted by atomic mass is 16.5. The number of aryl methyl sites for hydroxylation is 1. The number of hydrogen-bond donors (Lipinski definition) is 1. The molecule has 0 radical (unpaired) electrons. The van der Waals surface area contributed by atoms with Gasteiger partial charge in [0.15, 0.2) is 0 Å². The largest absolute Gasteiger partial charge is 0.457 e. The fourth-order valence-corrected chi connectivity index (χ4v) is 1.81. The Hall–Kier alpha value is -2.56. The third-order valence-electron chi connectivity index (χ3n) is 2.69. The fourth-order valence-electron chi connectivity index (χ4n) is 1.81. The number of fused-ring (bicyclic) bond motifs is 1. The number of anilines is 1. The van der Waals surface area contributed by atoms with Crippen LogP contribution in [0.3, 0.4) is 0 Å². The Bertz CT molecular complexity index is 705. The van der Waals surface area contributed by atoms with Crippen LogP contribution >= 0.6 is 0 Å². The number of imidazole rings is 1. The predicted molar refractivity (Wildman–Crippen MR) is 69.4 cm³/mol. The summed E-state index contributed by atoms with van der Waals surface area (Å²) in [5, 5.41) is 0. The summed E-state index contributed by atoms with van der Waals surface area (Å²) >= 11 is 0. The smallest absolute Gasteiger partial charge is 0.132 e. The van der Waals surface area contributed by atoms with Crippen molar-refractivity contribution in [1.29, 1.82) is 0 Å². The molecule has 2 aromatic heterocycles. The van der Waals surface area contributed by atoms with Gasteiger partial charge in [-0.3, -0.25) is 0 Å². The second-order valence-electron chi connectivity index (χ2n) is 4.02. The highest BCUT2D eigenvalue weighted by Gasteiger charge is 2.03. The van der Waals surface area contributed by atoms with Crippen molar-refractivity contribution >= 4 is 16.9 Å². The average molecular weight is 240 g/mol. The van der Waals surface area contributed by atoms with Crippen molar-refractivity contribution in [3.8, 4) is 11.5 Å². The maximum atomic E-state index is 5.71. The SMILES string of the molecule is Cn1cnc2cc(Oc3ccnc(N)c3)ccc21. The van der Waals surface area contributed by atoms with Gasteiger partial charge in [0.05, 0.1) is 17.4 Å². The third kappa shape index (κ3) is 1.86. The Morgan fingerprint density at radius 2 is 1.94 bits per heavy atom. The van der Waals surface area contributed by atoms with Gasteiger partial charge in [-0.15, -0.1) is 0 Å². The zero-order valence-corrected chi connectivity index (χ0v) is 9.87. The standard InChI is InChI=1S/C13H12N4O/c1-17-8-16-11-6-9(2-3-12(11)17)18-10-4-5-15-13(14)7-10/h2-8H,1H3,(H2,14,15). The van der Waals surface area contributed by atoms with E-state index in [1.807, 2.05) is 29.8 Å². The summed E-state index contributed by atoms with van der Waals surface area (Å²) in [4.78, 5) is 8.20. The molecule has 0 saturated carbocycles. The Morgan fingerprint density at radius 3 is 2.78 bits per heavy atom. The zero-order chi connectivity index (χ0) is 12.5. The van der Waals surface area contributed by atoms with Gasteiger partial charge in [0.2, 0.25) is 0 Å². The maximum absolute atomic E-state index is 5.71. The van der Waals surface area contributed by atoms with Crippen LogP contribution in [-0.2, 0) is 7.05 Å². The van der Waals surface area contributed by atoms with Crippen molar-refractivity contribution in [2.24, 2.45) is 7.05 Å². The molecule has 0 aliphatic heterocycles. The van der Waals surface area contributed by atoms with E-state index in [-0.39, 0.29) is 0 Å². The van der Waals surface area contributed by atoms with Gasteiger partial charge in [-0.1, -0.05) is 0 Å². The first-order valence-corrected chi connectivity index (χ1v) is 5.53. The molecular formula is C13H12N4O. The summed E-state index contributed by atoms with van der Waals surface area (Å²) in [7, 11) is 1.96. The van der Waals surface area contributed by atoms with E-state index >= 15 is 0 Å². The first-order valence-electron chi connectivity index (χ1n) is 5.53. The molecule has 2 heterocycles. The summed E-state index contributed by atoms with van der Waals surface area (Å²) in [5.41, 5.74) is 7.57. The minimum Gasteiger partial charge on any atom is -0.457 e. The zero-order valence-electron chi connectivity index (χ0n) is 9.87. The molecule has 3 rings (SSSR count). The first-order chi connectivity index (χ1) is 8.72. The number of nitrogens with two attached hydrogens (primary N) is 1. The number of benzene rings is 1. The number of ether oxygens (including phenoxy) is 1. The van der Waals surface area contributed by atoms with Crippen LogP contribution in [0.5, 0.6) is 11.5 Å². The van der Waals surface area contributed by atoms with Crippen LogP contribution in [0.4, 0.5) is 5.82 Å². The molecule has 0 aliphatic carbocycles.